The summed E-state index contributed by atoms with van der Waals surface area (Å²) in [5.41, 5.74) is 2.02. The second kappa shape index (κ2) is 5.41. The highest BCUT2D eigenvalue weighted by atomic mass is 16.5. The summed E-state index contributed by atoms with van der Waals surface area (Å²) in [4.78, 5) is 0. The van der Waals surface area contributed by atoms with E-state index in [0.29, 0.717) is 18.1 Å². The standard InChI is InChI=1S/C13H17NO2/c1-9(2)11-7-10(5-6-14)12(15-3)8-13(11)16-4/h7-9H,5H2,1-4H3. The van der Waals surface area contributed by atoms with Gasteiger partial charge < -0.3 is 9.47 Å². The van der Waals surface area contributed by atoms with Crippen LogP contribution in [0.25, 0.3) is 0 Å². The van der Waals surface area contributed by atoms with E-state index in [1.54, 1.807) is 14.2 Å². The number of rotatable bonds is 4. The molecule has 0 amide bonds. The van der Waals surface area contributed by atoms with E-state index < -0.39 is 0 Å². The van der Waals surface area contributed by atoms with Gasteiger partial charge in [-0.05, 0) is 17.5 Å². The molecule has 0 aromatic heterocycles. The molecule has 0 saturated heterocycles. The minimum absolute atomic E-state index is 0.354. The Bertz CT molecular complexity index is 405. The fourth-order valence-corrected chi connectivity index (χ4v) is 1.67. The van der Waals surface area contributed by atoms with Gasteiger partial charge in [0, 0.05) is 11.6 Å². The number of hydrogen-bond acceptors (Lipinski definition) is 3. The molecule has 16 heavy (non-hydrogen) atoms. The molecule has 0 unspecified atom stereocenters. The normalized spacial score (nSPS) is 10.0. The summed E-state index contributed by atoms with van der Waals surface area (Å²) < 4.78 is 10.6. The van der Waals surface area contributed by atoms with E-state index in [0.717, 1.165) is 16.9 Å². The van der Waals surface area contributed by atoms with Gasteiger partial charge in [-0.15, -0.1) is 0 Å². The Morgan fingerprint density at radius 2 is 1.81 bits per heavy atom. The quantitative estimate of drug-likeness (QED) is 0.782. The number of ether oxygens (including phenoxy) is 2. The van der Waals surface area contributed by atoms with Gasteiger partial charge in [-0.1, -0.05) is 13.8 Å². The second-order valence-electron chi connectivity index (χ2n) is 3.90. The molecule has 0 aliphatic rings. The second-order valence-corrected chi connectivity index (χ2v) is 3.90. The molecule has 0 N–H and O–H groups in total. The van der Waals surface area contributed by atoms with Gasteiger partial charge in [0.15, 0.2) is 0 Å². The van der Waals surface area contributed by atoms with Crippen LogP contribution in [0, 0.1) is 11.3 Å². The van der Waals surface area contributed by atoms with Crippen LogP contribution in [-0.2, 0) is 6.42 Å². The van der Waals surface area contributed by atoms with Crippen LogP contribution in [0.2, 0.25) is 0 Å². The smallest absolute Gasteiger partial charge is 0.126 e. The van der Waals surface area contributed by atoms with Gasteiger partial charge in [0.1, 0.15) is 11.5 Å². The van der Waals surface area contributed by atoms with Gasteiger partial charge in [0.05, 0.1) is 26.7 Å². The molecule has 0 bridgehead atoms. The van der Waals surface area contributed by atoms with E-state index in [2.05, 4.69) is 19.9 Å². The van der Waals surface area contributed by atoms with Gasteiger partial charge in [-0.2, -0.15) is 5.26 Å². The van der Waals surface area contributed by atoms with Crippen LogP contribution in [0.5, 0.6) is 11.5 Å². The minimum Gasteiger partial charge on any atom is -0.496 e. The molecule has 1 aromatic rings. The molecule has 1 aromatic carbocycles. The molecule has 3 heteroatoms. The molecule has 0 saturated carbocycles. The summed E-state index contributed by atoms with van der Waals surface area (Å²) in [5.74, 6) is 1.88. The number of benzene rings is 1. The van der Waals surface area contributed by atoms with Gasteiger partial charge in [0.25, 0.3) is 0 Å². The van der Waals surface area contributed by atoms with E-state index in [1.807, 2.05) is 12.1 Å². The molecule has 0 fully saturated rings. The third-order valence-electron chi connectivity index (χ3n) is 2.52. The van der Waals surface area contributed by atoms with Crippen LogP contribution in [-0.4, -0.2) is 14.2 Å². The monoisotopic (exact) mass is 219 g/mol. The van der Waals surface area contributed by atoms with E-state index in [4.69, 9.17) is 14.7 Å². The molecule has 3 nitrogen and oxygen atoms in total. The van der Waals surface area contributed by atoms with Gasteiger partial charge in [0.2, 0.25) is 0 Å². The van der Waals surface area contributed by atoms with Crippen LogP contribution in [0.1, 0.15) is 30.9 Å². The lowest BCUT2D eigenvalue weighted by molar-refractivity contribution is 0.387. The minimum atomic E-state index is 0.354. The number of nitrogens with zero attached hydrogens (tertiary/aromatic N) is 1. The molecule has 0 radical (unpaired) electrons. The largest absolute Gasteiger partial charge is 0.496 e. The Morgan fingerprint density at radius 1 is 1.19 bits per heavy atom. The first-order chi connectivity index (χ1) is 7.63. The van der Waals surface area contributed by atoms with Gasteiger partial charge in [-0.25, -0.2) is 0 Å². The lowest BCUT2D eigenvalue weighted by atomic mass is 9.98. The predicted molar refractivity (Wildman–Crippen MR) is 63.0 cm³/mol. The Labute approximate surface area is 96.6 Å². The molecule has 0 heterocycles. The topological polar surface area (TPSA) is 42.2 Å². The molecule has 0 spiro atoms. The van der Waals surface area contributed by atoms with Crippen molar-refractivity contribution < 1.29 is 9.47 Å². The maximum absolute atomic E-state index is 8.76. The Kier molecular flexibility index (Phi) is 4.19. The van der Waals surface area contributed by atoms with Crippen LogP contribution in [0.4, 0.5) is 0 Å². The van der Waals surface area contributed by atoms with Gasteiger partial charge in [-0.3, -0.25) is 0 Å². The highest BCUT2D eigenvalue weighted by Crippen LogP contribution is 2.33. The Morgan fingerprint density at radius 3 is 2.25 bits per heavy atom. The maximum Gasteiger partial charge on any atom is 0.126 e. The summed E-state index contributed by atoms with van der Waals surface area (Å²) in [7, 11) is 3.25. The first kappa shape index (κ1) is 12.4. The highest BCUT2D eigenvalue weighted by molar-refractivity contribution is 5.48. The fourth-order valence-electron chi connectivity index (χ4n) is 1.67. The number of methoxy groups -OCH3 is 2. The molecular formula is C13H17NO2. The Hall–Kier alpha value is -1.69. The van der Waals surface area contributed by atoms with Crippen molar-refractivity contribution in [2.75, 3.05) is 14.2 Å². The molecular weight excluding hydrogens is 202 g/mol. The molecule has 0 atom stereocenters. The summed E-state index contributed by atoms with van der Waals surface area (Å²) in [6.07, 6.45) is 0.354. The van der Waals surface area contributed by atoms with Crippen molar-refractivity contribution in [2.24, 2.45) is 0 Å². The van der Waals surface area contributed by atoms with E-state index in [9.17, 15) is 0 Å². The van der Waals surface area contributed by atoms with Crippen molar-refractivity contribution >= 4 is 0 Å². The van der Waals surface area contributed by atoms with Crippen molar-refractivity contribution in [1.82, 2.24) is 0 Å². The van der Waals surface area contributed by atoms with Crippen LogP contribution in [0.3, 0.4) is 0 Å². The third-order valence-corrected chi connectivity index (χ3v) is 2.52. The van der Waals surface area contributed by atoms with Crippen molar-refractivity contribution in [3.05, 3.63) is 23.3 Å². The average Bonchev–Trinajstić information content (AvgIpc) is 2.28. The number of nitriles is 1. The zero-order valence-corrected chi connectivity index (χ0v) is 10.2. The van der Waals surface area contributed by atoms with E-state index in [1.165, 1.54) is 0 Å². The first-order valence-corrected chi connectivity index (χ1v) is 5.25. The summed E-state index contributed by atoms with van der Waals surface area (Å²) >= 11 is 0. The highest BCUT2D eigenvalue weighted by Gasteiger charge is 2.13. The number of hydrogen-bond donors (Lipinski definition) is 0. The van der Waals surface area contributed by atoms with Crippen molar-refractivity contribution in [2.45, 2.75) is 26.2 Å². The van der Waals surface area contributed by atoms with Crippen molar-refractivity contribution in [3.63, 3.8) is 0 Å². The summed E-state index contributed by atoms with van der Waals surface area (Å²) in [6, 6.07) is 5.98. The molecule has 0 aliphatic heterocycles. The van der Waals surface area contributed by atoms with Crippen LogP contribution < -0.4 is 9.47 Å². The summed E-state index contributed by atoms with van der Waals surface area (Å²) in [6.45, 7) is 4.20. The first-order valence-electron chi connectivity index (χ1n) is 5.25. The van der Waals surface area contributed by atoms with E-state index in [-0.39, 0.29) is 0 Å². The zero-order valence-electron chi connectivity index (χ0n) is 10.2. The van der Waals surface area contributed by atoms with Gasteiger partial charge >= 0.3 is 0 Å². The summed E-state index contributed by atoms with van der Waals surface area (Å²) in [5, 5.41) is 8.76. The lowest BCUT2D eigenvalue weighted by Gasteiger charge is -2.15. The Balaban J connectivity index is 3.30. The van der Waals surface area contributed by atoms with E-state index >= 15 is 0 Å². The maximum atomic E-state index is 8.76. The SMILES string of the molecule is COc1cc(OC)c(C(C)C)cc1CC#N. The molecule has 1 rings (SSSR count). The molecule has 0 aliphatic carbocycles. The van der Waals surface area contributed by atoms with Crippen LogP contribution in [0.15, 0.2) is 12.1 Å². The lowest BCUT2D eigenvalue weighted by Crippen LogP contribution is -1.99. The van der Waals surface area contributed by atoms with Crippen molar-refractivity contribution in [1.29, 1.82) is 5.26 Å². The molecule has 86 valence electrons. The van der Waals surface area contributed by atoms with Crippen molar-refractivity contribution in [3.8, 4) is 17.6 Å². The average molecular weight is 219 g/mol. The predicted octanol–water partition coefficient (Wildman–Crippen LogP) is 2.89. The fraction of sp³-hybridized carbons (Fsp3) is 0.462. The van der Waals surface area contributed by atoms with Crippen LogP contribution >= 0.6 is 0 Å². The third kappa shape index (κ3) is 2.46. The zero-order chi connectivity index (χ0) is 12.1.